The minimum atomic E-state index is -3.70. The largest absolute Gasteiger partial charge is 0.480 e. The second-order valence-electron chi connectivity index (χ2n) is 5.49. The van der Waals surface area contributed by atoms with E-state index in [0.29, 0.717) is 32.4 Å². The first-order chi connectivity index (χ1) is 9.46. The van der Waals surface area contributed by atoms with E-state index in [4.69, 9.17) is 5.11 Å². The number of aliphatic hydroxyl groups excluding tert-OH is 1. The Morgan fingerprint density at radius 2 is 1.95 bits per heavy atom. The molecule has 116 valence electrons. The van der Waals surface area contributed by atoms with Crippen LogP contribution in [-0.4, -0.2) is 65.5 Å². The maximum Gasteiger partial charge on any atom is 0.322 e. The Morgan fingerprint density at radius 1 is 1.20 bits per heavy atom. The molecule has 0 aliphatic carbocycles. The summed E-state index contributed by atoms with van der Waals surface area (Å²) in [5, 5.41) is 18.1. The highest BCUT2D eigenvalue weighted by Gasteiger charge is 2.42. The Bertz CT molecular complexity index is 453. The topological polar surface area (TPSA) is 98.2 Å². The Kier molecular flexibility index (Phi) is 5.00. The summed E-state index contributed by atoms with van der Waals surface area (Å²) in [6.45, 7) is 1.13. The van der Waals surface area contributed by atoms with Crippen LogP contribution in [0.1, 0.15) is 32.1 Å². The number of piperidine rings is 1. The van der Waals surface area contributed by atoms with Gasteiger partial charge in [0.1, 0.15) is 6.04 Å². The van der Waals surface area contributed by atoms with Gasteiger partial charge in [0.25, 0.3) is 10.2 Å². The van der Waals surface area contributed by atoms with Crippen LogP contribution < -0.4 is 0 Å². The van der Waals surface area contributed by atoms with Crippen molar-refractivity contribution < 1.29 is 23.4 Å². The van der Waals surface area contributed by atoms with Crippen LogP contribution in [0, 0.1) is 5.92 Å². The van der Waals surface area contributed by atoms with Crippen molar-refractivity contribution in [2.24, 2.45) is 5.92 Å². The third-order valence-electron chi connectivity index (χ3n) is 4.15. The lowest BCUT2D eigenvalue weighted by atomic mass is 10.1. The lowest BCUT2D eigenvalue weighted by Crippen LogP contribution is -2.52. The smallest absolute Gasteiger partial charge is 0.322 e. The van der Waals surface area contributed by atoms with Crippen LogP contribution in [0.5, 0.6) is 0 Å². The number of carboxylic acids is 1. The van der Waals surface area contributed by atoms with Crippen molar-refractivity contribution in [3.8, 4) is 0 Å². The van der Waals surface area contributed by atoms with E-state index in [2.05, 4.69) is 0 Å². The molecule has 0 bridgehead atoms. The number of hydrogen-bond acceptors (Lipinski definition) is 4. The van der Waals surface area contributed by atoms with E-state index in [1.165, 1.54) is 4.31 Å². The van der Waals surface area contributed by atoms with Crippen molar-refractivity contribution in [1.29, 1.82) is 0 Å². The van der Waals surface area contributed by atoms with Gasteiger partial charge in [0.2, 0.25) is 0 Å². The zero-order chi connectivity index (χ0) is 14.8. The van der Waals surface area contributed by atoms with Gasteiger partial charge in [-0.3, -0.25) is 4.79 Å². The minimum absolute atomic E-state index is 0.0556. The van der Waals surface area contributed by atoms with E-state index < -0.39 is 22.2 Å². The molecule has 2 aliphatic rings. The maximum atomic E-state index is 12.6. The van der Waals surface area contributed by atoms with E-state index in [9.17, 15) is 18.3 Å². The fourth-order valence-electron chi connectivity index (χ4n) is 3.00. The zero-order valence-corrected chi connectivity index (χ0v) is 12.3. The molecule has 2 saturated heterocycles. The van der Waals surface area contributed by atoms with Crippen molar-refractivity contribution in [3.63, 3.8) is 0 Å². The summed E-state index contributed by atoms with van der Waals surface area (Å²) in [6, 6.07) is -0.939. The molecule has 2 heterocycles. The summed E-state index contributed by atoms with van der Waals surface area (Å²) in [7, 11) is -3.70. The van der Waals surface area contributed by atoms with Crippen LogP contribution in [0.25, 0.3) is 0 Å². The van der Waals surface area contributed by atoms with Crippen LogP contribution in [0.4, 0.5) is 0 Å². The molecule has 0 spiro atoms. The first-order valence-electron chi connectivity index (χ1n) is 7.07. The van der Waals surface area contributed by atoms with Gasteiger partial charge in [-0.25, -0.2) is 0 Å². The first-order valence-corrected chi connectivity index (χ1v) is 8.47. The van der Waals surface area contributed by atoms with Crippen LogP contribution in [0.15, 0.2) is 0 Å². The van der Waals surface area contributed by atoms with Crippen molar-refractivity contribution in [2.75, 3.05) is 26.2 Å². The van der Waals surface area contributed by atoms with Crippen LogP contribution in [-0.2, 0) is 15.0 Å². The van der Waals surface area contributed by atoms with Gasteiger partial charge in [0.05, 0.1) is 0 Å². The molecule has 0 radical (unpaired) electrons. The van der Waals surface area contributed by atoms with Crippen molar-refractivity contribution in [1.82, 2.24) is 8.61 Å². The normalized spacial score (nSPS) is 29.6. The molecule has 0 aromatic carbocycles. The highest BCUT2D eigenvalue weighted by molar-refractivity contribution is 7.86. The molecular weight excluding hydrogens is 284 g/mol. The molecule has 2 rings (SSSR count). The Morgan fingerprint density at radius 3 is 2.60 bits per heavy atom. The van der Waals surface area contributed by atoms with Gasteiger partial charge in [0, 0.05) is 26.2 Å². The summed E-state index contributed by atoms with van der Waals surface area (Å²) in [5.74, 6) is -0.901. The summed E-state index contributed by atoms with van der Waals surface area (Å²) >= 11 is 0. The SMILES string of the molecule is O=C(O)C1CCCCN1S(=O)(=O)N1CCC(CCO)C1. The monoisotopic (exact) mass is 306 g/mol. The molecule has 0 aromatic rings. The van der Waals surface area contributed by atoms with Gasteiger partial charge in [-0.2, -0.15) is 17.0 Å². The van der Waals surface area contributed by atoms with Crippen molar-refractivity contribution >= 4 is 16.2 Å². The van der Waals surface area contributed by atoms with Crippen LogP contribution in [0.2, 0.25) is 0 Å². The third kappa shape index (κ3) is 3.13. The molecule has 2 aliphatic heterocycles. The number of aliphatic carboxylic acids is 1. The van der Waals surface area contributed by atoms with Gasteiger partial charge < -0.3 is 10.2 Å². The number of hydrogen-bond donors (Lipinski definition) is 2. The Balaban J connectivity index is 2.11. The van der Waals surface area contributed by atoms with Crippen LogP contribution in [0.3, 0.4) is 0 Å². The predicted octanol–water partition coefficient (Wildman–Crippen LogP) is -0.125. The second kappa shape index (κ2) is 6.38. The van der Waals surface area contributed by atoms with Gasteiger partial charge >= 0.3 is 5.97 Å². The number of carbonyl (C=O) groups is 1. The lowest BCUT2D eigenvalue weighted by molar-refractivity contribution is -0.142. The summed E-state index contributed by atoms with van der Waals surface area (Å²) in [4.78, 5) is 11.2. The average molecular weight is 306 g/mol. The van der Waals surface area contributed by atoms with Gasteiger partial charge in [-0.15, -0.1) is 0 Å². The number of aliphatic hydroxyl groups is 1. The molecular formula is C12H22N2O5S. The maximum absolute atomic E-state index is 12.6. The number of rotatable bonds is 5. The summed E-state index contributed by atoms with van der Waals surface area (Å²) < 4.78 is 27.7. The Labute approximate surface area is 119 Å². The molecule has 20 heavy (non-hydrogen) atoms. The van der Waals surface area contributed by atoms with E-state index in [1.54, 1.807) is 0 Å². The quantitative estimate of drug-likeness (QED) is 0.737. The molecule has 2 fully saturated rings. The highest BCUT2D eigenvalue weighted by atomic mass is 32.2. The van der Waals surface area contributed by atoms with Crippen molar-refractivity contribution in [2.45, 2.75) is 38.1 Å². The standard InChI is InChI=1S/C12H22N2O5S/c15-8-5-10-4-7-13(9-10)20(18,19)14-6-2-1-3-11(14)12(16)17/h10-11,15H,1-9H2,(H,16,17). The zero-order valence-electron chi connectivity index (χ0n) is 11.4. The third-order valence-corrected chi connectivity index (χ3v) is 6.16. The van der Waals surface area contributed by atoms with Gasteiger partial charge in [-0.05, 0) is 38.0 Å². The summed E-state index contributed by atoms with van der Waals surface area (Å²) in [6.07, 6.45) is 3.15. The molecule has 2 atom stereocenters. The fraction of sp³-hybridized carbons (Fsp3) is 0.917. The minimum Gasteiger partial charge on any atom is -0.480 e. The van der Waals surface area contributed by atoms with Gasteiger partial charge in [0.15, 0.2) is 0 Å². The lowest BCUT2D eigenvalue weighted by Gasteiger charge is -2.34. The average Bonchev–Trinajstić information content (AvgIpc) is 2.88. The molecule has 8 heteroatoms. The first kappa shape index (κ1) is 15.7. The van der Waals surface area contributed by atoms with Gasteiger partial charge in [-0.1, -0.05) is 0 Å². The molecule has 7 nitrogen and oxygen atoms in total. The number of carboxylic acid groups (broad SMARTS) is 1. The molecule has 2 N–H and O–H groups in total. The highest BCUT2D eigenvalue weighted by Crippen LogP contribution is 2.28. The van der Waals surface area contributed by atoms with E-state index >= 15 is 0 Å². The van der Waals surface area contributed by atoms with E-state index in [1.807, 2.05) is 0 Å². The van der Waals surface area contributed by atoms with Crippen molar-refractivity contribution in [3.05, 3.63) is 0 Å². The fourth-order valence-corrected chi connectivity index (χ4v) is 4.91. The molecule has 0 saturated carbocycles. The van der Waals surface area contributed by atoms with Crippen LogP contribution >= 0.6 is 0 Å². The molecule has 0 amide bonds. The molecule has 2 unspecified atom stereocenters. The van der Waals surface area contributed by atoms with E-state index in [-0.39, 0.29) is 19.1 Å². The molecule has 0 aromatic heterocycles. The second-order valence-corrected chi connectivity index (χ2v) is 7.37. The predicted molar refractivity (Wildman–Crippen MR) is 72.3 cm³/mol. The summed E-state index contributed by atoms with van der Waals surface area (Å²) in [5.41, 5.74) is 0. The number of nitrogens with zero attached hydrogens (tertiary/aromatic N) is 2. The Hall–Kier alpha value is -0.700. The van der Waals surface area contributed by atoms with E-state index in [0.717, 1.165) is 17.1 Å².